The molecule has 0 aromatic carbocycles. The minimum absolute atomic E-state index is 0.460. The molecule has 3 nitrogen and oxygen atoms in total. The molecular weight excluding hydrogens is 210 g/mol. The molecule has 0 aliphatic heterocycles. The van der Waals surface area contributed by atoms with Gasteiger partial charge < -0.3 is 11.1 Å². The van der Waals surface area contributed by atoms with Crippen molar-refractivity contribution in [3.8, 4) is 0 Å². The molecule has 0 saturated carbocycles. The number of pyridine rings is 1. The van der Waals surface area contributed by atoms with Gasteiger partial charge in [0.1, 0.15) is 5.82 Å². The lowest BCUT2D eigenvalue weighted by atomic mass is 10.1. The topological polar surface area (TPSA) is 50.9 Å². The van der Waals surface area contributed by atoms with Crippen LogP contribution in [0.5, 0.6) is 0 Å². The number of nitrogens with zero attached hydrogens (tertiary/aromatic N) is 1. The van der Waals surface area contributed by atoms with Crippen molar-refractivity contribution < 1.29 is 0 Å². The zero-order valence-electron chi connectivity index (χ0n) is 11.3. The first kappa shape index (κ1) is 13.8. The molecule has 0 saturated heterocycles. The number of nitrogens with two attached hydrogens (primary N) is 1. The van der Waals surface area contributed by atoms with Crippen LogP contribution < -0.4 is 11.1 Å². The largest absolute Gasteiger partial charge is 0.398 e. The Morgan fingerprint density at radius 1 is 1.35 bits per heavy atom. The summed E-state index contributed by atoms with van der Waals surface area (Å²) in [6.07, 6.45) is 8.24. The number of aromatic nitrogens is 1. The normalized spacial score (nSPS) is 12.4. The summed E-state index contributed by atoms with van der Waals surface area (Å²) >= 11 is 0. The smallest absolute Gasteiger partial charge is 0.128 e. The molecular formula is C14H25N3. The molecule has 1 rings (SSSR count). The maximum atomic E-state index is 5.86. The van der Waals surface area contributed by atoms with Crippen LogP contribution in [0.1, 0.15) is 51.5 Å². The average Bonchev–Trinajstić information content (AvgIpc) is 2.30. The van der Waals surface area contributed by atoms with E-state index in [4.69, 9.17) is 5.73 Å². The standard InChI is InChI=1S/C14H25N3/c1-4-5-6-7-8-12(3)17-14-9-13(15)11(2)10-16-14/h9-10,12H,4-8H2,1-3H3,(H3,15,16,17). The van der Waals surface area contributed by atoms with E-state index in [2.05, 4.69) is 24.1 Å². The highest BCUT2D eigenvalue weighted by Crippen LogP contribution is 2.15. The van der Waals surface area contributed by atoms with Crippen molar-refractivity contribution >= 4 is 11.5 Å². The quantitative estimate of drug-likeness (QED) is 0.708. The van der Waals surface area contributed by atoms with Crippen LogP contribution in [0.25, 0.3) is 0 Å². The number of anilines is 2. The maximum Gasteiger partial charge on any atom is 0.128 e. The molecule has 1 heterocycles. The molecule has 0 bridgehead atoms. The Hall–Kier alpha value is -1.25. The van der Waals surface area contributed by atoms with Gasteiger partial charge in [-0.05, 0) is 25.8 Å². The molecule has 0 amide bonds. The minimum atomic E-state index is 0.460. The summed E-state index contributed by atoms with van der Waals surface area (Å²) in [7, 11) is 0. The Bertz CT molecular complexity index is 336. The van der Waals surface area contributed by atoms with Crippen molar-refractivity contribution in [2.75, 3.05) is 11.1 Å². The van der Waals surface area contributed by atoms with Gasteiger partial charge in [-0.2, -0.15) is 0 Å². The molecule has 96 valence electrons. The third-order valence-corrected chi connectivity index (χ3v) is 3.03. The van der Waals surface area contributed by atoms with Gasteiger partial charge in [-0.1, -0.05) is 32.6 Å². The molecule has 17 heavy (non-hydrogen) atoms. The summed E-state index contributed by atoms with van der Waals surface area (Å²) in [5, 5.41) is 3.40. The highest BCUT2D eigenvalue weighted by Gasteiger charge is 2.04. The van der Waals surface area contributed by atoms with Crippen molar-refractivity contribution in [3.63, 3.8) is 0 Å². The summed E-state index contributed by atoms with van der Waals surface area (Å²) in [5.74, 6) is 0.885. The molecule has 1 aromatic heterocycles. The predicted molar refractivity (Wildman–Crippen MR) is 75.2 cm³/mol. The molecule has 0 radical (unpaired) electrons. The van der Waals surface area contributed by atoms with Gasteiger partial charge in [0.05, 0.1) is 0 Å². The Labute approximate surface area is 105 Å². The lowest BCUT2D eigenvalue weighted by molar-refractivity contribution is 0.593. The van der Waals surface area contributed by atoms with Crippen LogP contribution in [-0.4, -0.2) is 11.0 Å². The van der Waals surface area contributed by atoms with E-state index in [-0.39, 0.29) is 0 Å². The minimum Gasteiger partial charge on any atom is -0.398 e. The number of aryl methyl sites for hydroxylation is 1. The summed E-state index contributed by atoms with van der Waals surface area (Å²) in [6.45, 7) is 6.41. The van der Waals surface area contributed by atoms with Gasteiger partial charge in [0.15, 0.2) is 0 Å². The van der Waals surface area contributed by atoms with Gasteiger partial charge in [0, 0.05) is 24.0 Å². The number of rotatable bonds is 7. The summed E-state index contributed by atoms with van der Waals surface area (Å²) in [5.41, 5.74) is 7.70. The third-order valence-electron chi connectivity index (χ3n) is 3.03. The van der Waals surface area contributed by atoms with E-state index >= 15 is 0 Å². The first-order valence-electron chi connectivity index (χ1n) is 6.62. The van der Waals surface area contributed by atoms with E-state index in [9.17, 15) is 0 Å². The number of nitrogens with one attached hydrogen (secondary N) is 1. The number of hydrogen-bond donors (Lipinski definition) is 2. The van der Waals surface area contributed by atoms with Crippen LogP contribution in [0.2, 0.25) is 0 Å². The van der Waals surface area contributed by atoms with Gasteiger partial charge in [0.25, 0.3) is 0 Å². The predicted octanol–water partition coefficient (Wildman–Crippen LogP) is 3.74. The highest BCUT2D eigenvalue weighted by atomic mass is 15.0. The molecule has 0 fully saturated rings. The van der Waals surface area contributed by atoms with Crippen LogP contribution in [0.15, 0.2) is 12.3 Å². The summed E-state index contributed by atoms with van der Waals surface area (Å²) in [6, 6.07) is 2.37. The summed E-state index contributed by atoms with van der Waals surface area (Å²) < 4.78 is 0. The first-order chi connectivity index (χ1) is 8.13. The Morgan fingerprint density at radius 3 is 2.76 bits per heavy atom. The molecule has 1 unspecified atom stereocenters. The van der Waals surface area contributed by atoms with E-state index in [1.165, 1.54) is 32.1 Å². The molecule has 0 aliphatic carbocycles. The van der Waals surface area contributed by atoms with Gasteiger partial charge in [-0.25, -0.2) is 4.98 Å². The van der Waals surface area contributed by atoms with Gasteiger partial charge in [-0.15, -0.1) is 0 Å². The number of unbranched alkanes of at least 4 members (excludes halogenated alkanes) is 3. The van der Waals surface area contributed by atoms with Crippen molar-refractivity contribution in [2.45, 2.75) is 58.9 Å². The van der Waals surface area contributed by atoms with Gasteiger partial charge in [0.2, 0.25) is 0 Å². The van der Waals surface area contributed by atoms with E-state index in [0.717, 1.165) is 17.1 Å². The molecule has 3 N–H and O–H groups in total. The van der Waals surface area contributed by atoms with Crippen molar-refractivity contribution in [3.05, 3.63) is 17.8 Å². The average molecular weight is 235 g/mol. The highest BCUT2D eigenvalue weighted by molar-refractivity contribution is 5.53. The Kier molecular flexibility index (Phi) is 5.81. The molecule has 1 aromatic rings. The first-order valence-corrected chi connectivity index (χ1v) is 6.62. The van der Waals surface area contributed by atoms with Gasteiger partial charge >= 0.3 is 0 Å². The Balaban J connectivity index is 2.34. The monoisotopic (exact) mass is 235 g/mol. The van der Waals surface area contributed by atoms with Crippen LogP contribution in [0.3, 0.4) is 0 Å². The van der Waals surface area contributed by atoms with E-state index in [0.29, 0.717) is 6.04 Å². The lowest BCUT2D eigenvalue weighted by Gasteiger charge is -2.15. The molecule has 0 spiro atoms. The zero-order chi connectivity index (χ0) is 12.7. The number of hydrogen-bond acceptors (Lipinski definition) is 3. The molecule has 3 heteroatoms. The molecule has 0 aliphatic rings. The van der Waals surface area contributed by atoms with Crippen molar-refractivity contribution in [2.24, 2.45) is 0 Å². The van der Waals surface area contributed by atoms with Crippen LogP contribution >= 0.6 is 0 Å². The second-order valence-electron chi connectivity index (χ2n) is 4.82. The Morgan fingerprint density at radius 2 is 2.12 bits per heavy atom. The maximum absolute atomic E-state index is 5.86. The summed E-state index contributed by atoms with van der Waals surface area (Å²) in [4.78, 5) is 4.33. The molecule has 1 atom stereocenters. The second-order valence-corrected chi connectivity index (χ2v) is 4.82. The van der Waals surface area contributed by atoms with Crippen molar-refractivity contribution in [1.29, 1.82) is 0 Å². The van der Waals surface area contributed by atoms with Crippen LogP contribution in [-0.2, 0) is 0 Å². The fraction of sp³-hybridized carbons (Fsp3) is 0.643. The van der Waals surface area contributed by atoms with Crippen molar-refractivity contribution in [1.82, 2.24) is 4.98 Å². The zero-order valence-corrected chi connectivity index (χ0v) is 11.3. The lowest BCUT2D eigenvalue weighted by Crippen LogP contribution is -2.16. The fourth-order valence-corrected chi connectivity index (χ4v) is 1.82. The SMILES string of the molecule is CCCCCCC(C)Nc1cc(N)c(C)cn1. The third kappa shape index (κ3) is 5.07. The number of nitrogen functional groups attached to an aromatic ring is 1. The van der Waals surface area contributed by atoms with E-state index < -0.39 is 0 Å². The second kappa shape index (κ2) is 7.15. The van der Waals surface area contributed by atoms with E-state index in [1.54, 1.807) is 0 Å². The van der Waals surface area contributed by atoms with Crippen LogP contribution in [0.4, 0.5) is 11.5 Å². The van der Waals surface area contributed by atoms with E-state index in [1.807, 2.05) is 19.2 Å². The fourth-order valence-electron chi connectivity index (χ4n) is 1.82. The van der Waals surface area contributed by atoms with Gasteiger partial charge in [-0.3, -0.25) is 0 Å². The van der Waals surface area contributed by atoms with Crippen LogP contribution in [0, 0.1) is 6.92 Å².